The van der Waals surface area contributed by atoms with E-state index in [0.29, 0.717) is 24.5 Å². The van der Waals surface area contributed by atoms with E-state index in [1.54, 1.807) is 19.2 Å². The number of pyridine rings is 1. The van der Waals surface area contributed by atoms with E-state index < -0.39 is 0 Å². The van der Waals surface area contributed by atoms with Crippen molar-refractivity contribution in [1.82, 2.24) is 19.6 Å². The predicted octanol–water partition coefficient (Wildman–Crippen LogP) is 4.49. The summed E-state index contributed by atoms with van der Waals surface area (Å²) >= 11 is 0. The van der Waals surface area contributed by atoms with E-state index in [1.807, 2.05) is 65.3 Å². The summed E-state index contributed by atoms with van der Waals surface area (Å²) in [5.41, 5.74) is 3.44. The van der Waals surface area contributed by atoms with Gasteiger partial charge >= 0.3 is 0 Å². The Bertz CT molecular complexity index is 1250. The number of nitrogens with one attached hydrogen (secondary N) is 1. The molecule has 1 aliphatic heterocycles. The molecule has 1 amide bonds. The molecule has 0 radical (unpaired) electrons. The van der Waals surface area contributed by atoms with Gasteiger partial charge in [-0.05, 0) is 68.4 Å². The van der Waals surface area contributed by atoms with Crippen molar-refractivity contribution < 1.29 is 14.3 Å². The van der Waals surface area contributed by atoms with Gasteiger partial charge in [-0.25, -0.2) is 4.98 Å². The van der Waals surface area contributed by atoms with Crippen molar-refractivity contribution in [1.29, 1.82) is 0 Å². The molecule has 1 atom stereocenters. The number of ether oxygens (including phenoxy) is 2. The maximum atomic E-state index is 12.9. The molecule has 1 N–H and O–H groups in total. The number of amides is 1. The summed E-state index contributed by atoms with van der Waals surface area (Å²) in [5.74, 6) is 1.45. The minimum Gasteiger partial charge on any atom is -0.496 e. The van der Waals surface area contributed by atoms with Gasteiger partial charge in [0.1, 0.15) is 23.8 Å². The van der Waals surface area contributed by atoms with Gasteiger partial charge < -0.3 is 19.2 Å². The second kappa shape index (κ2) is 10.6. The summed E-state index contributed by atoms with van der Waals surface area (Å²) in [7, 11) is 1.69. The van der Waals surface area contributed by atoms with Crippen LogP contribution in [-0.4, -0.2) is 46.9 Å². The first kappa shape index (κ1) is 22.9. The summed E-state index contributed by atoms with van der Waals surface area (Å²) in [6.07, 6.45) is 6.27. The van der Waals surface area contributed by atoms with Crippen molar-refractivity contribution in [2.45, 2.75) is 25.5 Å². The molecule has 7 nitrogen and oxygen atoms in total. The van der Waals surface area contributed by atoms with Gasteiger partial charge in [0.25, 0.3) is 5.91 Å². The fourth-order valence-electron chi connectivity index (χ4n) is 4.64. The Balaban J connectivity index is 1.20. The van der Waals surface area contributed by atoms with Crippen LogP contribution in [0.1, 0.15) is 40.5 Å². The third-order valence-electron chi connectivity index (χ3n) is 6.45. The average Bonchev–Trinajstić information content (AvgIpc) is 3.58. The van der Waals surface area contributed by atoms with Crippen molar-refractivity contribution >= 4 is 11.6 Å². The molecule has 2 aromatic carbocycles. The van der Waals surface area contributed by atoms with Crippen LogP contribution in [0.3, 0.4) is 0 Å². The number of nitrogens with zero attached hydrogens (tertiary/aromatic N) is 3. The van der Waals surface area contributed by atoms with Gasteiger partial charge in [0.15, 0.2) is 0 Å². The van der Waals surface area contributed by atoms with Crippen LogP contribution in [0.25, 0.3) is 5.65 Å². The van der Waals surface area contributed by atoms with Crippen LogP contribution in [0.2, 0.25) is 0 Å². The largest absolute Gasteiger partial charge is 0.496 e. The van der Waals surface area contributed by atoms with Gasteiger partial charge in [0, 0.05) is 30.1 Å². The lowest BCUT2D eigenvalue weighted by Gasteiger charge is -2.29. The predicted molar refractivity (Wildman–Crippen MR) is 135 cm³/mol. The molecule has 1 fully saturated rings. The molecule has 2 aromatic heterocycles. The number of rotatable bonds is 9. The van der Waals surface area contributed by atoms with E-state index in [4.69, 9.17) is 9.47 Å². The first-order valence-electron chi connectivity index (χ1n) is 12.0. The van der Waals surface area contributed by atoms with Gasteiger partial charge in [-0.15, -0.1) is 0 Å². The zero-order valence-corrected chi connectivity index (χ0v) is 19.9. The van der Waals surface area contributed by atoms with Gasteiger partial charge in [-0.2, -0.15) is 0 Å². The standard InChI is InChI=1S/C28H30N4O3/c1-34-26-9-3-2-8-24(26)25(31-15-6-7-16-31)18-29-28(33)21-11-13-23(14-12-21)35-20-22-19-32-17-5-4-10-27(32)30-22/h2-5,8-14,17,19,25H,6-7,15-16,18,20H2,1H3,(H,29,33)/t25-/m1/s1. The highest BCUT2D eigenvalue weighted by molar-refractivity contribution is 5.94. The number of para-hydroxylation sites is 1. The van der Waals surface area contributed by atoms with E-state index in [9.17, 15) is 4.79 Å². The third kappa shape index (κ3) is 5.30. The number of fused-ring (bicyclic) bond motifs is 1. The minimum atomic E-state index is -0.101. The molecule has 35 heavy (non-hydrogen) atoms. The van der Waals surface area contributed by atoms with Gasteiger partial charge in [0.05, 0.1) is 18.8 Å². The molecular formula is C28H30N4O3. The highest BCUT2D eigenvalue weighted by atomic mass is 16.5. The van der Waals surface area contributed by atoms with Crippen LogP contribution in [0, 0.1) is 0 Å². The SMILES string of the molecule is COc1ccccc1[C@@H](CNC(=O)c1ccc(OCc2cn3ccccc3n2)cc1)N1CCCC1. The Morgan fingerprint density at radius 1 is 1.03 bits per heavy atom. The van der Waals surface area contributed by atoms with Gasteiger partial charge in [-0.1, -0.05) is 24.3 Å². The first-order chi connectivity index (χ1) is 17.2. The maximum absolute atomic E-state index is 12.9. The zero-order chi connectivity index (χ0) is 24.0. The average molecular weight is 471 g/mol. The topological polar surface area (TPSA) is 68.1 Å². The number of methoxy groups -OCH3 is 1. The summed E-state index contributed by atoms with van der Waals surface area (Å²) in [5, 5.41) is 3.13. The van der Waals surface area contributed by atoms with E-state index in [-0.39, 0.29) is 11.9 Å². The van der Waals surface area contributed by atoms with Gasteiger partial charge in [-0.3, -0.25) is 9.69 Å². The van der Waals surface area contributed by atoms with Crippen LogP contribution in [-0.2, 0) is 6.61 Å². The van der Waals surface area contributed by atoms with Crippen molar-refractivity contribution in [2.24, 2.45) is 0 Å². The fourth-order valence-corrected chi connectivity index (χ4v) is 4.64. The zero-order valence-electron chi connectivity index (χ0n) is 19.9. The number of likely N-dealkylation sites (tertiary alicyclic amines) is 1. The van der Waals surface area contributed by atoms with Crippen molar-refractivity contribution in [2.75, 3.05) is 26.7 Å². The maximum Gasteiger partial charge on any atom is 0.251 e. The lowest BCUT2D eigenvalue weighted by Crippen LogP contribution is -2.37. The summed E-state index contributed by atoms with van der Waals surface area (Å²) < 4.78 is 13.4. The van der Waals surface area contributed by atoms with E-state index in [1.165, 1.54) is 12.8 Å². The number of hydrogen-bond acceptors (Lipinski definition) is 5. The first-order valence-corrected chi connectivity index (χ1v) is 12.0. The van der Waals surface area contributed by atoms with Crippen LogP contribution in [0.15, 0.2) is 79.1 Å². The van der Waals surface area contributed by atoms with Gasteiger partial charge in [0.2, 0.25) is 0 Å². The molecular weight excluding hydrogens is 440 g/mol. The van der Waals surface area contributed by atoms with Crippen molar-refractivity contribution in [3.63, 3.8) is 0 Å². The number of carbonyl (C=O) groups is 1. The highest BCUT2D eigenvalue weighted by Gasteiger charge is 2.26. The van der Waals surface area contributed by atoms with Crippen LogP contribution >= 0.6 is 0 Å². The number of benzene rings is 2. The molecule has 4 aromatic rings. The van der Waals surface area contributed by atoms with Crippen molar-refractivity contribution in [3.8, 4) is 11.5 Å². The number of hydrogen-bond donors (Lipinski definition) is 1. The molecule has 7 heteroatoms. The normalized spacial score (nSPS) is 14.7. The third-order valence-corrected chi connectivity index (χ3v) is 6.45. The Morgan fingerprint density at radius 3 is 2.57 bits per heavy atom. The molecule has 0 spiro atoms. The Labute approximate surface area is 205 Å². The summed E-state index contributed by atoms with van der Waals surface area (Å²) in [6, 6.07) is 21.2. The molecule has 0 bridgehead atoms. The van der Waals surface area contributed by atoms with E-state index >= 15 is 0 Å². The Morgan fingerprint density at radius 2 is 1.80 bits per heavy atom. The second-order valence-electron chi connectivity index (χ2n) is 8.72. The fraction of sp³-hybridized carbons (Fsp3) is 0.286. The number of imidazole rings is 1. The summed E-state index contributed by atoms with van der Waals surface area (Å²) in [6.45, 7) is 2.93. The highest BCUT2D eigenvalue weighted by Crippen LogP contribution is 2.31. The number of aromatic nitrogens is 2. The quantitative estimate of drug-likeness (QED) is 0.390. The van der Waals surface area contributed by atoms with Crippen LogP contribution in [0.4, 0.5) is 0 Å². The monoisotopic (exact) mass is 470 g/mol. The molecule has 0 unspecified atom stereocenters. The molecule has 1 saturated heterocycles. The molecule has 0 aliphatic carbocycles. The molecule has 0 saturated carbocycles. The number of carbonyl (C=O) groups excluding carboxylic acids is 1. The Hall–Kier alpha value is -3.84. The smallest absolute Gasteiger partial charge is 0.251 e. The van der Waals surface area contributed by atoms with E-state index in [0.717, 1.165) is 35.7 Å². The summed E-state index contributed by atoms with van der Waals surface area (Å²) in [4.78, 5) is 19.9. The van der Waals surface area contributed by atoms with Crippen LogP contribution < -0.4 is 14.8 Å². The Kier molecular flexibility index (Phi) is 6.95. The van der Waals surface area contributed by atoms with E-state index in [2.05, 4.69) is 21.3 Å². The van der Waals surface area contributed by atoms with Crippen LogP contribution in [0.5, 0.6) is 11.5 Å². The molecule has 180 valence electrons. The molecule has 1 aliphatic rings. The lowest BCUT2D eigenvalue weighted by molar-refractivity contribution is 0.0937. The minimum absolute atomic E-state index is 0.0747. The molecule has 3 heterocycles. The van der Waals surface area contributed by atoms with Crippen molar-refractivity contribution in [3.05, 3.63) is 95.9 Å². The second-order valence-corrected chi connectivity index (χ2v) is 8.72. The lowest BCUT2D eigenvalue weighted by atomic mass is 10.0. The molecule has 5 rings (SSSR count).